The van der Waals surface area contributed by atoms with Crippen molar-refractivity contribution in [1.82, 2.24) is 25.2 Å². The molecule has 1 aromatic carbocycles. The van der Waals surface area contributed by atoms with Crippen molar-refractivity contribution in [2.45, 2.75) is 25.3 Å². The third-order valence-corrected chi connectivity index (χ3v) is 4.41. The highest BCUT2D eigenvalue weighted by molar-refractivity contribution is 5.78. The Balaban J connectivity index is 1.47. The number of benzene rings is 1. The predicted molar refractivity (Wildman–Crippen MR) is 92.1 cm³/mol. The second kappa shape index (κ2) is 7.38. The summed E-state index contributed by atoms with van der Waals surface area (Å²) in [5.41, 5.74) is 0.751. The quantitative estimate of drug-likeness (QED) is 0.757. The third kappa shape index (κ3) is 3.44. The van der Waals surface area contributed by atoms with Gasteiger partial charge in [0, 0.05) is 12.7 Å². The first-order valence-corrected chi connectivity index (χ1v) is 8.61. The maximum atomic E-state index is 12.7. The van der Waals surface area contributed by atoms with Crippen molar-refractivity contribution in [1.29, 1.82) is 0 Å². The molecule has 134 valence electrons. The highest BCUT2D eigenvalue weighted by Crippen LogP contribution is 2.31. The number of rotatable bonds is 5. The van der Waals surface area contributed by atoms with Crippen molar-refractivity contribution < 1.29 is 14.1 Å². The maximum absolute atomic E-state index is 12.7. The van der Waals surface area contributed by atoms with Crippen molar-refractivity contribution >= 4 is 5.91 Å². The number of aromatic amines is 1. The normalized spacial score (nSPS) is 17.2. The summed E-state index contributed by atoms with van der Waals surface area (Å²) in [4.78, 5) is 18.9. The molecule has 1 aliphatic heterocycles. The van der Waals surface area contributed by atoms with Crippen molar-refractivity contribution in [2.75, 3.05) is 13.2 Å². The van der Waals surface area contributed by atoms with E-state index in [1.54, 1.807) is 17.3 Å². The van der Waals surface area contributed by atoms with Gasteiger partial charge in [0.15, 0.2) is 6.61 Å². The van der Waals surface area contributed by atoms with Crippen LogP contribution >= 0.6 is 0 Å². The van der Waals surface area contributed by atoms with E-state index in [0.29, 0.717) is 24.0 Å². The molecule has 2 aromatic heterocycles. The number of ether oxygens (including phenoxy) is 1. The molecule has 1 aliphatic rings. The van der Waals surface area contributed by atoms with Gasteiger partial charge in [-0.05, 0) is 31.4 Å². The summed E-state index contributed by atoms with van der Waals surface area (Å²) in [6, 6.07) is 9.09. The van der Waals surface area contributed by atoms with Crippen LogP contribution in [0.15, 0.2) is 47.2 Å². The summed E-state index contributed by atoms with van der Waals surface area (Å²) in [6.07, 6.45) is 6.09. The van der Waals surface area contributed by atoms with Gasteiger partial charge >= 0.3 is 0 Å². The van der Waals surface area contributed by atoms with Crippen LogP contribution in [0.5, 0.6) is 5.75 Å². The monoisotopic (exact) mass is 353 g/mol. The van der Waals surface area contributed by atoms with E-state index in [2.05, 4.69) is 20.3 Å². The maximum Gasteiger partial charge on any atom is 0.261 e. The fraction of sp³-hybridized carbons (Fsp3) is 0.333. The lowest BCUT2D eigenvalue weighted by Crippen LogP contribution is -2.41. The molecule has 1 fully saturated rings. The molecule has 0 unspecified atom stereocenters. The zero-order valence-electron chi connectivity index (χ0n) is 14.2. The lowest BCUT2D eigenvalue weighted by molar-refractivity contribution is -0.138. The van der Waals surface area contributed by atoms with Crippen molar-refractivity contribution in [3.8, 4) is 17.1 Å². The Morgan fingerprint density at radius 1 is 1.31 bits per heavy atom. The molecular weight excluding hydrogens is 334 g/mol. The number of para-hydroxylation sites is 1. The second-order valence-electron chi connectivity index (χ2n) is 6.14. The number of carbonyl (C=O) groups is 1. The van der Waals surface area contributed by atoms with Crippen LogP contribution in [-0.4, -0.2) is 44.3 Å². The Kier molecular flexibility index (Phi) is 4.63. The molecule has 8 heteroatoms. The Morgan fingerprint density at radius 2 is 2.19 bits per heavy atom. The summed E-state index contributed by atoms with van der Waals surface area (Å²) in [6.45, 7) is 0.647. The standard InChI is InChI=1S/C18H19N5O3/c24-16(12-25-14-6-2-1-3-7-14)23-9-5-4-8-15(23)18-21-17(22-26-18)13-10-19-20-11-13/h1-3,6-7,10-11,15H,4-5,8-9,12H2,(H,19,20)/t15-/m1/s1. The molecule has 4 rings (SSSR count). The molecule has 8 nitrogen and oxygen atoms in total. The highest BCUT2D eigenvalue weighted by atomic mass is 16.5. The molecule has 0 bridgehead atoms. The summed E-state index contributed by atoms with van der Waals surface area (Å²) in [5, 5.41) is 10.6. The minimum atomic E-state index is -0.219. The Hall–Kier alpha value is -3.16. The zero-order valence-corrected chi connectivity index (χ0v) is 14.2. The van der Waals surface area contributed by atoms with Crippen LogP contribution in [0.4, 0.5) is 0 Å². The summed E-state index contributed by atoms with van der Waals surface area (Å²) >= 11 is 0. The van der Waals surface area contributed by atoms with Gasteiger partial charge in [0.1, 0.15) is 11.8 Å². The van der Waals surface area contributed by atoms with Gasteiger partial charge in [-0.3, -0.25) is 9.89 Å². The largest absolute Gasteiger partial charge is 0.484 e. The van der Waals surface area contributed by atoms with E-state index >= 15 is 0 Å². The molecule has 26 heavy (non-hydrogen) atoms. The van der Waals surface area contributed by atoms with E-state index in [1.807, 2.05) is 30.3 Å². The molecule has 1 amide bonds. The zero-order chi connectivity index (χ0) is 17.8. The number of likely N-dealkylation sites (tertiary alicyclic amines) is 1. The van der Waals surface area contributed by atoms with E-state index in [-0.39, 0.29) is 18.6 Å². The Labute approximate surface area is 150 Å². The highest BCUT2D eigenvalue weighted by Gasteiger charge is 2.32. The minimum Gasteiger partial charge on any atom is -0.484 e. The van der Waals surface area contributed by atoms with Crippen LogP contribution in [-0.2, 0) is 4.79 Å². The first-order chi connectivity index (χ1) is 12.8. The number of nitrogens with one attached hydrogen (secondary N) is 1. The van der Waals surface area contributed by atoms with Gasteiger partial charge in [0.25, 0.3) is 5.91 Å². The average molecular weight is 353 g/mol. The molecule has 0 aliphatic carbocycles. The Morgan fingerprint density at radius 3 is 3.00 bits per heavy atom. The predicted octanol–water partition coefficient (Wildman–Crippen LogP) is 2.59. The first kappa shape index (κ1) is 16.3. The van der Waals surface area contributed by atoms with Gasteiger partial charge in [-0.1, -0.05) is 23.4 Å². The van der Waals surface area contributed by atoms with Crippen LogP contribution in [0.25, 0.3) is 11.4 Å². The van der Waals surface area contributed by atoms with Crippen molar-refractivity contribution in [2.24, 2.45) is 0 Å². The first-order valence-electron chi connectivity index (χ1n) is 8.61. The molecule has 0 radical (unpaired) electrons. The number of aromatic nitrogens is 4. The number of carbonyl (C=O) groups excluding carboxylic acids is 1. The molecule has 3 aromatic rings. The molecular formula is C18H19N5O3. The fourth-order valence-electron chi connectivity index (χ4n) is 3.09. The van der Waals surface area contributed by atoms with Gasteiger partial charge in [0.05, 0.1) is 11.8 Å². The topological polar surface area (TPSA) is 97.1 Å². The van der Waals surface area contributed by atoms with Crippen LogP contribution < -0.4 is 4.74 Å². The summed E-state index contributed by atoms with van der Waals surface area (Å²) in [7, 11) is 0. The van der Waals surface area contributed by atoms with Crippen molar-refractivity contribution in [3.05, 3.63) is 48.6 Å². The second-order valence-corrected chi connectivity index (χ2v) is 6.14. The van der Waals surface area contributed by atoms with Gasteiger partial charge in [-0.2, -0.15) is 10.1 Å². The van der Waals surface area contributed by atoms with E-state index < -0.39 is 0 Å². The number of hydrogen-bond acceptors (Lipinski definition) is 6. The fourth-order valence-corrected chi connectivity index (χ4v) is 3.09. The summed E-state index contributed by atoms with van der Waals surface area (Å²) in [5.74, 6) is 1.51. The summed E-state index contributed by atoms with van der Waals surface area (Å²) < 4.78 is 11.0. The van der Waals surface area contributed by atoms with Crippen LogP contribution in [0.1, 0.15) is 31.2 Å². The van der Waals surface area contributed by atoms with Crippen LogP contribution in [0, 0.1) is 0 Å². The SMILES string of the molecule is O=C(COc1ccccc1)N1CCCC[C@@H]1c1nc(-c2cn[nH]c2)no1. The van der Waals surface area contributed by atoms with Crippen LogP contribution in [0.3, 0.4) is 0 Å². The molecule has 3 heterocycles. The van der Waals surface area contributed by atoms with Crippen molar-refractivity contribution in [3.63, 3.8) is 0 Å². The third-order valence-electron chi connectivity index (χ3n) is 4.41. The van der Waals surface area contributed by atoms with Gasteiger partial charge in [-0.25, -0.2) is 0 Å². The Bertz CT molecular complexity index is 847. The molecule has 1 saturated heterocycles. The number of nitrogens with zero attached hydrogens (tertiary/aromatic N) is 4. The number of hydrogen-bond donors (Lipinski definition) is 1. The lowest BCUT2D eigenvalue weighted by Gasteiger charge is -2.33. The molecule has 1 atom stereocenters. The van der Waals surface area contributed by atoms with E-state index in [1.165, 1.54) is 0 Å². The average Bonchev–Trinajstić information content (AvgIpc) is 3.38. The van der Waals surface area contributed by atoms with Gasteiger partial charge < -0.3 is 14.2 Å². The number of piperidine rings is 1. The van der Waals surface area contributed by atoms with Crippen LogP contribution in [0.2, 0.25) is 0 Å². The molecule has 1 N–H and O–H groups in total. The smallest absolute Gasteiger partial charge is 0.261 e. The van der Waals surface area contributed by atoms with E-state index in [9.17, 15) is 4.79 Å². The lowest BCUT2D eigenvalue weighted by atomic mass is 10.0. The van der Waals surface area contributed by atoms with Gasteiger partial charge in [0.2, 0.25) is 11.7 Å². The minimum absolute atomic E-state index is 0.0107. The number of amides is 1. The number of H-pyrrole nitrogens is 1. The van der Waals surface area contributed by atoms with Gasteiger partial charge in [-0.15, -0.1) is 0 Å². The van der Waals surface area contributed by atoms with E-state index in [4.69, 9.17) is 9.26 Å². The van der Waals surface area contributed by atoms with E-state index in [0.717, 1.165) is 24.8 Å². The molecule has 0 spiro atoms. The molecule has 0 saturated carbocycles.